The average molecular weight is 215 g/mol. The molecular weight excluding hydrogens is 207 g/mol. The Kier molecular flexibility index (Phi) is 2.06. The molecule has 6 heteroatoms. The number of fused-ring (bicyclic) bond motifs is 1. The summed E-state index contributed by atoms with van der Waals surface area (Å²) in [6.45, 7) is 0. The molecule has 0 aromatic carbocycles. The summed E-state index contributed by atoms with van der Waals surface area (Å²) in [5.41, 5.74) is 4.69. The van der Waals surface area contributed by atoms with E-state index in [1.54, 1.807) is 18.2 Å². The highest BCUT2D eigenvalue weighted by molar-refractivity contribution is 6.00. The van der Waals surface area contributed by atoms with E-state index in [9.17, 15) is 13.2 Å². The van der Waals surface area contributed by atoms with Crippen molar-refractivity contribution in [2.75, 3.05) is 0 Å². The Morgan fingerprint density at radius 3 is 2.80 bits per heavy atom. The van der Waals surface area contributed by atoms with E-state index in [0.717, 1.165) is 6.08 Å². The highest BCUT2D eigenvalue weighted by Crippen LogP contribution is 2.25. The van der Waals surface area contributed by atoms with Crippen molar-refractivity contribution in [1.82, 2.24) is 4.90 Å². The van der Waals surface area contributed by atoms with Crippen LogP contribution in [0.5, 0.6) is 0 Å². The van der Waals surface area contributed by atoms with Crippen molar-refractivity contribution in [3.8, 4) is 0 Å². The number of nitrogens with zero attached hydrogens (tertiary/aromatic N) is 2. The SMILES string of the molecule is NC1=CC=CC2N=C(C(F)(F)F)C=CN12. The monoisotopic (exact) mass is 215 g/mol. The van der Waals surface area contributed by atoms with E-state index in [0.29, 0.717) is 5.82 Å². The Morgan fingerprint density at radius 2 is 2.13 bits per heavy atom. The molecule has 80 valence electrons. The largest absolute Gasteiger partial charge is 0.433 e. The first-order valence-corrected chi connectivity index (χ1v) is 4.24. The fourth-order valence-electron chi connectivity index (χ4n) is 1.37. The predicted octanol–water partition coefficient (Wildman–Crippen LogP) is 1.52. The molecule has 0 bridgehead atoms. The number of rotatable bonds is 0. The van der Waals surface area contributed by atoms with Gasteiger partial charge in [0.1, 0.15) is 17.7 Å². The van der Waals surface area contributed by atoms with Gasteiger partial charge in [-0.15, -0.1) is 0 Å². The number of hydrogen-bond acceptors (Lipinski definition) is 3. The molecule has 0 amide bonds. The van der Waals surface area contributed by atoms with Gasteiger partial charge in [-0.1, -0.05) is 6.08 Å². The van der Waals surface area contributed by atoms with Crippen molar-refractivity contribution in [2.24, 2.45) is 10.7 Å². The Balaban J connectivity index is 2.29. The Bertz CT molecular complexity index is 390. The maximum absolute atomic E-state index is 12.3. The van der Waals surface area contributed by atoms with Crippen molar-refractivity contribution in [1.29, 1.82) is 0 Å². The first-order chi connectivity index (χ1) is 6.98. The summed E-state index contributed by atoms with van der Waals surface area (Å²) in [6, 6.07) is 0. The van der Waals surface area contributed by atoms with Crippen LogP contribution in [0, 0.1) is 0 Å². The molecule has 3 nitrogen and oxygen atoms in total. The molecular formula is C9H8F3N3. The van der Waals surface area contributed by atoms with Crippen LogP contribution in [0.2, 0.25) is 0 Å². The smallest absolute Gasteiger partial charge is 0.385 e. The van der Waals surface area contributed by atoms with E-state index in [4.69, 9.17) is 5.73 Å². The van der Waals surface area contributed by atoms with Gasteiger partial charge in [-0.05, 0) is 18.2 Å². The molecule has 2 N–H and O–H groups in total. The third-order valence-corrected chi connectivity index (χ3v) is 2.09. The molecule has 0 aromatic rings. The summed E-state index contributed by atoms with van der Waals surface area (Å²) in [5, 5.41) is 0. The second kappa shape index (κ2) is 3.15. The number of halogens is 3. The van der Waals surface area contributed by atoms with E-state index < -0.39 is 18.1 Å². The minimum Gasteiger partial charge on any atom is -0.385 e. The van der Waals surface area contributed by atoms with Crippen LogP contribution in [0.25, 0.3) is 0 Å². The van der Waals surface area contributed by atoms with Crippen molar-refractivity contribution in [2.45, 2.75) is 12.3 Å². The first-order valence-electron chi connectivity index (χ1n) is 4.24. The first kappa shape index (κ1) is 9.82. The normalized spacial score (nSPS) is 24.7. The standard InChI is InChI=1S/C9H8F3N3/c10-9(11,12)6-4-5-15-7(13)2-1-3-8(15)14-6/h1-5,8H,13H2. The molecule has 0 saturated carbocycles. The molecule has 0 spiro atoms. The van der Waals surface area contributed by atoms with Gasteiger partial charge in [0, 0.05) is 6.20 Å². The number of allylic oxidation sites excluding steroid dienone is 3. The number of alkyl halides is 3. The van der Waals surface area contributed by atoms with Crippen molar-refractivity contribution >= 4 is 5.71 Å². The fraction of sp³-hybridized carbons (Fsp3) is 0.222. The third kappa shape index (κ3) is 1.74. The molecule has 0 aliphatic carbocycles. The fourth-order valence-corrected chi connectivity index (χ4v) is 1.37. The second-order valence-corrected chi connectivity index (χ2v) is 3.13. The highest BCUT2D eigenvalue weighted by Gasteiger charge is 2.36. The summed E-state index contributed by atoms with van der Waals surface area (Å²) >= 11 is 0. The Labute approximate surface area is 84.1 Å². The van der Waals surface area contributed by atoms with E-state index in [1.807, 2.05) is 0 Å². The van der Waals surface area contributed by atoms with Crippen LogP contribution in [0.4, 0.5) is 13.2 Å². The lowest BCUT2D eigenvalue weighted by molar-refractivity contribution is -0.0585. The molecule has 1 unspecified atom stereocenters. The van der Waals surface area contributed by atoms with Crippen molar-refractivity contribution in [3.63, 3.8) is 0 Å². The molecule has 15 heavy (non-hydrogen) atoms. The van der Waals surface area contributed by atoms with E-state index in [-0.39, 0.29) is 0 Å². The summed E-state index contributed by atoms with van der Waals surface area (Å²) in [5.74, 6) is 0.378. The molecule has 2 aliphatic heterocycles. The van der Waals surface area contributed by atoms with Crippen LogP contribution < -0.4 is 5.73 Å². The summed E-state index contributed by atoms with van der Waals surface area (Å²) < 4.78 is 37.0. The van der Waals surface area contributed by atoms with E-state index >= 15 is 0 Å². The van der Waals surface area contributed by atoms with Crippen LogP contribution in [0.1, 0.15) is 0 Å². The average Bonchev–Trinajstić information content (AvgIpc) is 2.16. The zero-order valence-corrected chi connectivity index (χ0v) is 7.57. The van der Waals surface area contributed by atoms with E-state index in [1.165, 1.54) is 11.1 Å². The molecule has 0 fully saturated rings. The zero-order valence-electron chi connectivity index (χ0n) is 7.57. The highest BCUT2D eigenvalue weighted by atomic mass is 19.4. The lowest BCUT2D eigenvalue weighted by Gasteiger charge is -2.31. The number of nitrogens with two attached hydrogens (primary N) is 1. The van der Waals surface area contributed by atoms with Crippen LogP contribution in [0.15, 0.2) is 41.3 Å². The maximum Gasteiger partial charge on any atom is 0.433 e. The van der Waals surface area contributed by atoms with Gasteiger partial charge in [-0.25, -0.2) is 0 Å². The van der Waals surface area contributed by atoms with Gasteiger partial charge in [-0.3, -0.25) is 4.99 Å². The lowest BCUT2D eigenvalue weighted by Crippen LogP contribution is -2.38. The number of hydrogen-bond donors (Lipinski definition) is 1. The van der Waals surface area contributed by atoms with Gasteiger partial charge < -0.3 is 10.6 Å². The summed E-state index contributed by atoms with van der Waals surface area (Å²) in [4.78, 5) is 5.02. The molecule has 0 radical (unpaired) electrons. The van der Waals surface area contributed by atoms with Crippen LogP contribution in [0.3, 0.4) is 0 Å². The predicted molar refractivity (Wildman–Crippen MR) is 49.7 cm³/mol. The Morgan fingerprint density at radius 1 is 1.40 bits per heavy atom. The van der Waals surface area contributed by atoms with Crippen molar-refractivity contribution < 1.29 is 13.2 Å². The molecule has 0 saturated heterocycles. The topological polar surface area (TPSA) is 41.6 Å². The Hall–Kier alpha value is -1.72. The minimum atomic E-state index is -4.41. The quantitative estimate of drug-likeness (QED) is 0.665. The van der Waals surface area contributed by atoms with Gasteiger partial charge in [0.15, 0.2) is 0 Å². The van der Waals surface area contributed by atoms with Crippen molar-refractivity contribution in [3.05, 3.63) is 36.3 Å². The van der Waals surface area contributed by atoms with Gasteiger partial charge >= 0.3 is 6.18 Å². The molecule has 0 aromatic heterocycles. The zero-order chi connectivity index (χ0) is 11.1. The maximum atomic E-state index is 12.3. The number of aliphatic imine (C=N–C) groups is 1. The van der Waals surface area contributed by atoms with Crippen LogP contribution >= 0.6 is 0 Å². The van der Waals surface area contributed by atoms with Gasteiger partial charge in [0.25, 0.3) is 0 Å². The van der Waals surface area contributed by atoms with E-state index in [2.05, 4.69) is 4.99 Å². The molecule has 2 heterocycles. The molecule has 2 aliphatic rings. The second-order valence-electron chi connectivity index (χ2n) is 3.13. The van der Waals surface area contributed by atoms with Crippen LogP contribution in [-0.4, -0.2) is 23.0 Å². The molecule has 1 atom stereocenters. The molecule has 2 rings (SSSR count). The summed E-state index contributed by atoms with van der Waals surface area (Å²) in [6.07, 6.45) is 1.85. The summed E-state index contributed by atoms with van der Waals surface area (Å²) in [7, 11) is 0. The van der Waals surface area contributed by atoms with Gasteiger partial charge in [0.2, 0.25) is 0 Å². The lowest BCUT2D eigenvalue weighted by atomic mass is 10.2. The van der Waals surface area contributed by atoms with Gasteiger partial charge in [0.05, 0.1) is 0 Å². The van der Waals surface area contributed by atoms with Gasteiger partial charge in [-0.2, -0.15) is 13.2 Å². The minimum absolute atomic E-state index is 0.378. The third-order valence-electron chi connectivity index (χ3n) is 2.09. The van der Waals surface area contributed by atoms with Crippen LogP contribution in [-0.2, 0) is 0 Å².